The van der Waals surface area contributed by atoms with Crippen LogP contribution in [0.5, 0.6) is 0 Å². The maximum atomic E-state index is 13.3. The highest BCUT2D eigenvalue weighted by Gasteiger charge is 2.61. The molecule has 1 atom stereocenters. The number of nitrogens with one attached hydrogen (secondary N) is 2. The van der Waals surface area contributed by atoms with Crippen molar-refractivity contribution in [2.45, 2.75) is 59.2 Å². The van der Waals surface area contributed by atoms with Gasteiger partial charge in [0.15, 0.2) is 5.41 Å². The molecule has 1 fully saturated rings. The molecular weight excluding hydrogens is 269 g/mol. The first-order valence-electron chi connectivity index (χ1n) is 6.89. The molecule has 6 heteroatoms. The number of rotatable bonds is 3. The van der Waals surface area contributed by atoms with Gasteiger partial charge in [-0.05, 0) is 38.6 Å². The lowest BCUT2D eigenvalue weighted by molar-refractivity contribution is -0.216. The van der Waals surface area contributed by atoms with Crippen molar-refractivity contribution in [3.05, 3.63) is 0 Å². The molecule has 2 N–H and O–H groups in total. The molecule has 0 bridgehead atoms. The highest BCUT2D eigenvalue weighted by molar-refractivity contribution is 5.84. The van der Waals surface area contributed by atoms with Gasteiger partial charge in [0.1, 0.15) is 0 Å². The van der Waals surface area contributed by atoms with E-state index in [1.807, 2.05) is 20.8 Å². The second-order valence-corrected chi connectivity index (χ2v) is 7.58. The lowest BCUT2D eigenvalue weighted by atomic mass is 9.79. The third-order valence-corrected chi connectivity index (χ3v) is 3.56. The number of hydrogen-bond donors (Lipinski definition) is 2. The van der Waals surface area contributed by atoms with Crippen LogP contribution in [0.25, 0.3) is 0 Å². The van der Waals surface area contributed by atoms with Crippen LogP contribution in [0.15, 0.2) is 0 Å². The summed E-state index contributed by atoms with van der Waals surface area (Å²) in [6.45, 7) is 9.40. The van der Waals surface area contributed by atoms with Crippen molar-refractivity contribution in [2.75, 3.05) is 13.1 Å². The molecule has 0 saturated carbocycles. The third-order valence-electron chi connectivity index (χ3n) is 3.56. The zero-order valence-electron chi connectivity index (χ0n) is 12.9. The first kappa shape index (κ1) is 17.3. The molecule has 0 radical (unpaired) electrons. The van der Waals surface area contributed by atoms with E-state index in [1.54, 1.807) is 13.8 Å². The van der Waals surface area contributed by atoms with E-state index >= 15 is 0 Å². The summed E-state index contributed by atoms with van der Waals surface area (Å²) >= 11 is 0. The van der Waals surface area contributed by atoms with Gasteiger partial charge in [-0.1, -0.05) is 20.8 Å². The summed E-state index contributed by atoms with van der Waals surface area (Å²) in [7, 11) is 0. The summed E-state index contributed by atoms with van der Waals surface area (Å²) in [5.74, 6) is -0.913. The van der Waals surface area contributed by atoms with Gasteiger partial charge in [0.25, 0.3) is 0 Å². The normalized spacial score (nSPS) is 24.8. The molecule has 0 spiro atoms. The van der Waals surface area contributed by atoms with Crippen molar-refractivity contribution < 1.29 is 18.0 Å². The maximum absolute atomic E-state index is 13.3. The van der Waals surface area contributed by atoms with Crippen LogP contribution >= 0.6 is 0 Å². The zero-order valence-corrected chi connectivity index (χ0v) is 12.9. The molecule has 1 unspecified atom stereocenters. The molecule has 1 amide bonds. The Bertz CT molecular complexity index is 364. The molecule has 3 nitrogen and oxygen atoms in total. The molecule has 0 aromatic carbocycles. The molecule has 0 aromatic heterocycles. The summed E-state index contributed by atoms with van der Waals surface area (Å²) < 4.78 is 39.8. The minimum absolute atomic E-state index is 0.0733. The third kappa shape index (κ3) is 3.87. The van der Waals surface area contributed by atoms with Crippen LogP contribution in [0.2, 0.25) is 0 Å². The summed E-state index contributed by atoms with van der Waals surface area (Å²) in [5.41, 5.74) is -3.03. The highest BCUT2D eigenvalue weighted by Crippen LogP contribution is 2.43. The second kappa shape index (κ2) is 5.20. The van der Waals surface area contributed by atoms with E-state index < -0.39 is 23.0 Å². The molecule has 0 aliphatic carbocycles. The van der Waals surface area contributed by atoms with E-state index in [1.165, 1.54) is 0 Å². The van der Waals surface area contributed by atoms with Crippen molar-refractivity contribution in [2.24, 2.45) is 10.8 Å². The zero-order chi connectivity index (χ0) is 15.8. The van der Waals surface area contributed by atoms with E-state index in [0.29, 0.717) is 6.42 Å². The van der Waals surface area contributed by atoms with Gasteiger partial charge in [0.05, 0.1) is 0 Å². The summed E-state index contributed by atoms with van der Waals surface area (Å²) in [6.07, 6.45) is -4.13. The van der Waals surface area contributed by atoms with Gasteiger partial charge < -0.3 is 10.6 Å². The second-order valence-electron chi connectivity index (χ2n) is 7.58. The van der Waals surface area contributed by atoms with E-state index in [2.05, 4.69) is 10.6 Å². The molecular formula is C14H25F3N2O. The quantitative estimate of drug-likeness (QED) is 0.840. The summed E-state index contributed by atoms with van der Waals surface area (Å²) in [4.78, 5) is 12.2. The molecule has 1 saturated heterocycles. The van der Waals surface area contributed by atoms with Crippen LogP contribution in [0.3, 0.4) is 0 Å². The minimum Gasteiger partial charge on any atom is -0.350 e. The Hall–Kier alpha value is -0.780. The Morgan fingerprint density at radius 3 is 2.10 bits per heavy atom. The van der Waals surface area contributed by atoms with Crippen LogP contribution in [0.4, 0.5) is 13.2 Å². The fourth-order valence-electron chi connectivity index (χ4n) is 3.05. The predicted octanol–water partition coefficient (Wildman–Crippen LogP) is 2.86. The van der Waals surface area contributed by atoms with Crippen LogP contribution in [0, 0.1) is 10.8 Å². The van der Waals surface area contributed by atoms with Crippen molar-refractivity contribution in [3.8, 4) is 0 Å². The number of carbonyl (C=O) groups is 1. The van der Waals surface area contributed by atoms with E-state index in [-0.39, 0.29) is 24.9 Å². The van der Waals surface area contributed by atoms with Crippen LogP contribution < -0.4 is 10.6 Å². The highest BCUT2D eigenvalue weighted by atomic mass is 19.4. The number of carbonyl (C=O) groups excluding carboxylic acids is 1. The van der Waals surface area contributed by atoms with Crippen LogP contribution in [-0.2, 0) is 4.79 Å². The lowest BCUT2D eigenvalue weighted by Crippen LogP contribution is -2.57. The molecule has 1 aliphatic heterocycles. The molecule has 1 heterocycles. The topological polar surface area (TPSA) is 41.1 Å². The smallest absolute Gasteiger partial charge is 0.350 e. The summed E-state index contributed by atoms with van der Waals surface area (Å²) in [6, 6.07) is 0. The van der Waals surface area contributed by atoms with Gasteiger partial charge in [-0.15, -0.1) is 0 Å². The Morgan fingerprint density at radius 1 is 1.20 bits per heavy atom. The fourth-order valence-corrected chi connectivity index (χ4v) is 3.05. The van der Waals surface area contributed by atoms with Gasteiger partial charge in [-0.3, -0.25) is 4.79 Å². The lowest BCUT2D eigenvalue weighted by Gasteiger charge is -2.37. The van der Waals surface area contributed by atoms with Crippen LogP contribution in [0.1, 0.15) is 47.5 Å². The molecule has 118 valence electrons. The van der Waals surface area contributed by atoms with Crippen molar-refractivity contribution >= 4 is 5.91 Å². The Morgan fingerprint density at radius 2 is 1.75 bits per heavy atom. The molecule has 20 heavy (non-hydrogen) atoms. The SMILES string of the molecule is CC(C)(C)CC(C)(C)NC(=O)C1(C(F)(F)F)CCNC1. The monoisotopic (exact) mass is 294 g/mol. The average molecular weight is 294 g/mol. The first-order chi connectivity index (χ1) is 8.79. The average Bonchev–Trinajstić information content (AvgIpc) is 2.59. The van der Waals surface area contributed by atoms with E-state index in [4.69, 9.17) is 0 Å². The summed E-state index contributed by atoms with van der Waals surface area (Å²) in [5, 5.41) is 5.26. The Balaban J connectivity index is 2.88. The standard InChI is InChI=1S/C14H25F3N2O/c1-11(2,3)8-12(4,5)19-10(20)13(14(15,16)17)6-7-18-9-13/h18H,6-9H2,1-5H3,(H,19,20). The number of hydrogen-bond acceptors (Lipinski definition) is 2. The van der Waals surface area contributed by atoms with Gasteiger partial charge in [0.2, 0.25) is 5.91 Å². The van der Waals surface area contributed by atoms with Gasteiger partial charge in [-0.2, -0.15) is 13.2 Å². The van der Waals surface area contributed by atoms with Crippen LogP contribution in [-0.4, -0.2) is 30.7 Å². The Labute approximate surface area is 118 Å². The van der Waals surface area contributed by atoms with Crippen molar-refractivity contribution in [1.29, 1.82) is 0 Å². The first-order valence-corrected chi connectivity index (χ1v) is 6.89. The largest absolute Gasteiger partial charge is 0.404 e. The van der Waals surface area contributed by atoms with E-state index in [9.17, 15) is 18.0 Å². The molecule has 1 aliphatic rings. The molecule has 0 aromatic rings. The van der Waals surface area contributed by atoms with Gasteiger partial charge in [-0.25, -0.2) is 0 Å². The van der Waals surface area contributed by atoms with Gasteiger partial charge in [0, 0.05) is 12.1 Å². The number of halogens is 3. The van der Waals surface area contributed by atoms with E-state index in [0.717, 1.165) is 0 Å². The minimum atomic E-state index is -4.53. The van der Waals surface area contributed by atoms with Crippen molar-refractivity contribution in [3.63, 3.8) is 0 Å². The number of alkyl halides is 3. The van der Waals surface area contributed by atoms with Gasteiger partial charge >= 0.3 is 6.18 Å². The molecule has 1 rings (SSSR count). The Kier molecular flexibility index (Phi) is 4.49. The fraction of sp³-hybridized carbons (Fsp3) is 0.929. The van der Waals surface area contributed by atoms with Crippen molar-refractivity contribution in [1.82, 2.24) is 10.6 Å². The maximum Gasteiger partial charge on any atom is 0.404 e. The predicted molar refractivity (Wildman–Crippen MR) is 72.3 cm³/mol. The number of amides is 1.